The number of aryl methyl sites for hydroxylation is 2. The molecule has 0 amide bonds. The normalized spacial score (nSPS) is 17.9. The predicted molar refractivity (Wildman–Crippen MR) is 75.3 cm³/mol. The second-order valence-corrected chi connectivity index (χ2v) is 4.97. The van der Waals surface area contributed by atoms with Gasteiger partial charge in [-0.1, -0.05) is 6.07 Å². The van der Waals surface area contributed by atoms with E-state index in [2.05, 4.69) is 26.3 Å². The zero-order chi connectivity index (χ0) is 13.2. The number of nitrogens with zero attached hydrogens (tertiary/aromatic N) is 3. The molecule has 2 heterocycles. The van der Waals surface area contributed by atoms with E-state index in [1.807, 2.05) is 32.3 Å². The van der Waals surface area contributed by atoms with Crippen molar-refractivity contribution in [2.75, 3.05) is 12.4 Å². The lowest BCUT2D eigenvalue weighted by atomic mass is 9.84. The van der Waals surface area contributed by atoms with Crippen LogP contribution < -0.4 is 5.32 Å². The Bertz CT molecular complexity index is 594. The second-order valence-electron chi connectivity index (χ2n) is 4.97. The Kier molecular flexibility index (Phi) is 3.15. The van der Waals surface area contributed by atoms with Gasteiger partial charge < -0.3 is 5.32 Å². The number of nitrogens with one attached hydrogen (secondary N) is 1. The number of hydrogen-bond donors (Lipinski definition) is 1. The topological polar surface area (TPSA) is 50.7 Å². The van der Waals surface area contributed by atoms with E-state index in [0.29, 0.717) is 5.92 Å². The lowest BCUT2D eigenvalue weighted by Gasteiger charge is -2.24. The van der Waals surface area contributed by atoms with Gasteiger partial charge in [-0.3, -0.25) is 4.98 Å². The molecule has 19 heavy (non-hydrogen) atoms. The first-order valence-corrected chi connectivity index (χ1v) is 6.75. The molecular weight excluding hydrogens is 236 g/mol. The van der Waals surface area contributed by atoms with Gasteiger partial charge in [0.1, 0.15) is 11.6 Å². The van der Waals surface area contributed by atoms with Crippen molar-refractivity contribution in [2.45, 2.75) is 32.1 Å². The summed E-state index contributed by atoms with van der Waals surface area (Å²) in [5.41, 5.74) is 3.63. The van der Waals surface area contributed by atoms with Crippen LogP contribution in [0.5, 0.6) is 0 Å². The summed E-state index contributed by atoms with van der Waals surface area (Å²) < 4.78 is 0. The Morgan fingerprint density at radius 1 is 1.32 bits per heavy atom. The van der Waals surface area contributed by atoms with Gasteiger partial charge in [-0.2, -0.15) is 0 Å². The van der Waals surface area contributed by atoms with Crippen LogP contribution in [0.3, 0.4) is 0 Å². The van der Waals surface area contributed by atoms with E-state index in [-0.39, 0.29) is 0 Å². The highest BCUT2D eigenvalue weighted by Crippen LogP contribution is 2.34. The highest BCUT2D eigenvalue weighted by molar-refractivity contribution is 5.40. The molecule has 1 unspecified atom stereocenters. The fourth-order valence-electron chi connectivity index (χ4n) is 2.79. The number of rotatable bonds is 2. The molecule has 0 saturated heterocycles. The zero-order valence-electron chi connectivity index (χ0n) is 11.3. The van der Waals surface area contributed by atoms with Gasteiger partial charge in [-0.25, -0.2) is 9.97 Å². The fourth-order valence-corrected chi connectivity index (χ4v) is 2.79. The summed E-state index contributed by atoms with van der Waals surface area (Å²) in [5, 5.41) is 3.10. The molecule has 0 saturated carbocycles. The highest BCUT2D eigenvalue weighted by Gasteiger charge is 2.24. The predicted octanol–water partition coefficient (Wildman–Crippen LogP) is 2.69. The standard InChI is InChI=1S/C15H18N4/c1-10-18-13(9-14(16-2)19-10)12-7-3-5-11-6-4-8-17-15(11)12/h4,6,8-9,12H,3,5,7H2,1-2H3,(H,16,18,19). The summed E-state index contributed by atoms with van der Waals surface area (Å²) in [6, 6.07) is 6.24. The summed E-state index contributed by atoms with van der Waals surface area (Å²) in [6.45, 7) is 1.94. The first kappa shape index (κ1) is 12.1. The quantitative estimate of drug-likeness (QED) is 0.895. The largest absolute Gasteiger partial charge is 0.373 e. The molecule has 0 aromatic carbocycles. The smallest absolute Gasteiger partial charge is 0.129 e. The van der Waals surface area contributed by atoms with E-state index in [0.717, 1.165) is 30.2 Å². The minimum absolute atomic E-state index is 0.304. The van der Waals surface area contributed by atoms with Crippen molar-refractivity contribution in [1.29, 1.82) is 0 Å². The molecule has 1 aliphatic rings. The lowest BCUT2D eigenvalue weighted by Crippen LogP contribution is -2.15. The summed E-state index contributed by atoms with van der Waals surface area (Å²) in [4.78, 5) is 13.6. The third-order valence-electron chi connectivity index (χ3n) is 3.67. The van der Waals surface area contributed by atoms with Gasteiger partial charge in [0.25, 0.3) is 0 Å². The maximum absolute atomic E-state index is 4.61. The molecule has 1 aliphatic carbocycles. The average Bonchev–Trinajstić information content (AvgIpc) is 2.46. The first-order valence-electron chi connectivity index (χ1n) is 6.75. The minimum Gasteiger partial charge on any atom is -0.373 e. The lowest BCUT2D eigenvalue weighted by molar-refractivity contribution is 0.585. The Labute approximate surface area is 113 Å². The van der Waals surface area contributed by atoms with Crippen molar-refractivity contribution < 1.29 is 0 Å². The van der Waals surface area contributed by atoms with Crippen molar-refractivity contribution in [3.63, 3.8) is 0 Å². The van der Waals surface area contributed by atoms with Crippen LogP contribution in [0.25, 0.3) is 0 Å². The molecular formula is C15H18N4. The van der Waals surface area contributed by atoms with Crippen molar-refractivity contribution in [1.82, 2.24) is 15.0 Å². The van der Waals surface area contributed by atoms with E-state index in [9.17, 15) is 0 Å². The molecule has 2 aromatic heterocycles. The van der Waals surface area contributed by atoms with Crippen molar-refractivity contribution in [3.8, 4) is 0 Å². The van der Waals surface area contributed by atoms with Gasteiger partial charge in [0, 0.05) is 25.2 Å². The molecule has 4 nitrogen and oxygen atoms in total. The third-order valence-corrected chi connectivity index (χ3v) is 3.67. The van der Waals surface area contributed by atoms with Crippen LogP contribution in [-0.4, -0.2) is 22.0 Å². The Hall–Kier alpha value is -1.97. The van der Waals surface area contributed by atoms with E-state index < -0.39 is 0 Å². The van der Waals surface area contributed by atoms with E-state index in [1.54, 1.807) is 0 Å². The van der Waals surface area contributed by atoms with Crippen LogP contribution >= 0.6 is 0 Å². The third kappa shape index (κ3) is 2.30. The molecule has 0 bridgehead atoms. The Balaban J connectivity index is 2.06. The van der Waals surface area contributed by atoms with Crippen LogP contribution in [-0.2, 0) is 6.42 Å². The van der Waals surface area contributed by atoms with E-state index >= 15 is 0 Å². The number of fused-ring (bicyclic) bond motifs is 1. The van der Waals surface area contributed by atoms with Crippen LogP contribution in [0, 0.1) is 6.92 Å². The minimum atomic E-state index is 0.304. The molecule has 0 radical (unpaired) electrons. The van der Waals surface area contributed by atoms with Crippen LogP contribution in [0.2, 0.25) is 0 Å². The molecule has 0 aliphatic heterocycles. The number of hydrogen-bond acceptors (Lipinski definition) is 4. The van der Waals surface area contributed by atoms with Gasteiger partial charge in [0.2, 0.25) is 0 Å². The number of pyridine rings is 1. The van der Waals surface area contributed by atoms with Gasteiger partial charge in [0.15, 0.2) is 0 Å². The van der Waals surface area contributed by atoms with Gasteiger partial charge >= 0.3 is 0 Å². The maximum atomic E-state index is 4.61. The van der Waals surface area contributed by atoms with Crippen LogP contribution in [0.1, 0.15) is 41.5 Å². The van der Waals surface area contributed by atoms with E-state index in [1.165, 1.54) is 17.7 Å². The first-order chi connectivity index (χ1) is 9.28. The summed E-state index contributed by atoms with van der Waals surface area (Å²) in [5.74, 6) is 1.99. The van der Waals surface area contributed by atoms with Gasteiger partial charge in [0.05, 0.1) is 11.4 Å². The SMILES string of the molecule is CNc1cc(C2CCCc3cccnc32)nc(C)n1. The Morgan fingerprint density at radius 3 is 3.05 bits per heavy atom. The molecule has 0 fully saturated rings. The van der Waals surface area contributed by atoms with E-state index in [4.69, 9.17) is 0 Å². The molecule has 98 valence electrons. The molecule has 3 rings (SSSR count). The van der Waals surface area contributed by atoms with Crippen molar-refractivity contribution in [3.05, 3.63) is 47.2 Å². The monoisotopic (exact) mass is 254 g/mol. The zero-order valence-corrected chi connectivity index (χ0v) is 11.3. The molecule has 1 atom stereocenters. The number of anilines is 1. The molecule has 2 aromatic rings. The number of aromatic nitrogens is 3. The average molecular weight is 254 g/mol. The summed E-state index contributed by atoms with van der Waals surface area (Å²) in [7, 11) is 1.89. The fraction of sp³-hybridized carbons (Fsp3) is 0.400. The summed E-state index contributed by atoms with van der Waals surface area (Å²) in [6.07, 6.45) is 5.32. The van der Waals surface area contributed by atoms with Gasteiger partial charge in [-0.05, 0) is 37.8 Å². The molecule has 1 N–H and O–H groups in total. The van der Waals surface area contributed by atoms with Crippen molar-refractivity contribution >= 4 is 5.82 Å². The molecule has 0 spiro atoms. The van der Waals surface area contributed by atoms with Crippen LogP contribution in [0.15, 0.2) is 24.4 Å². The summed E-state index contributed by atoms with van der Waals surface area (Å²) >= 11 is 0. The maximum Gasteiger partial charge on any atom is 0.129 e. The Morgan fingerprint density at radius 2 is 2.21 bits per heavy atom. The molecule has 4 heteroatoms. The van der Waals surface area contributed by atoms with Gasteiger partial charge in [-0.15, -0.1) is 0 Å². The van der Waals surface area contributed by atoms with Crippen LogP contribution in [0.4, 0.5) is 5.82 Å². The highest BCUT2D eigenvalue weighted by atomic mass is 15.0. The van der Waals surface area contributed by atoms with Crippen molar-refractivity contribution in [2.24, 2.45) is 0 Å². The second kappa shape index (κ2) is 4.96.